The largest absolute Gasteiger partial charge is 0.445 e. The van der Waals surface area contributed by atoms with Crippen molar-refractivity contribution in [3.8, 4) is 0 Å². The molecule has 6 aromatic rings. The van der Waals surface area contributed by atoms with Crippen LogP contribution in [0.2, 0.25) is 0 Å². The molecule has 2 aliphatic rings. The number of nitro groups is 2. The Balaban J connectivity index is 0.000000160. The Morgan fingerprint density at radius 1 is 0.684 bits per heavy atom. The SMILES string of the molecule is O=C(OCc1ccccc1)N1CCN(c2nc3c([N+](=O)[O-])cccc3o2)CC1.O=C(OCc1ccccc1)N1CCNCC1.O=[N+]([O-])c1cccc2oc(=S)[nH]c12. The molecule has 57 heavy (non-hydrogen) atoms. The molecule has 2 saturated heterocycles. The summed E-state index contributed by atoms with van der Waals surface area (Å²) in [5.74, 6) is 0. The highest BCUT2D eigenvalue weighted by molar-refractivity contribution is 7.71. The van der Waals surface area contributed by atoms with Gasteiger partial charge in [0.1, 0.15) is 13.2 Å². The van der Waals surface area contributed by atoms with Crippen LogP contribution >= 0.6 is 12.2 Å². The minimum atomic E-state index is -0.483. The Hall–Kier alpha value is -6.86. The number of nitro benzene ring substituents is 2. The fourth-order valence-corrected chi connectivity index (χ4v) is 6.06. The van der Waals surface area contributed by atoms with Crippen LogP contribution in [0.15, 0.2) is 106 Å². The molecule has 0 aliphatic carbocycles. The summed E-state index contributed by atoms with van der Waals surface area (Å²) >= 11 is 4.71. The molecule has 0 atom stereocenters. The van der Waals surface area contributed by atoms with Crippen molar-refractivity contribution in [2.75, 3.05) is 57.3 Å². The molecule has 0 bridgehead atoms. The Kier molecular flexibility index (Phi) is 13.4. The fraction of sp³-hybridized carbons (Fsp3) is 0.263. The van der Waals surface area contributed by atoms with Gasteiger partial charge in [-0.1, -0.05) is 72.8 Å². The van der Waals surface area contributed by atoms with Crippen molar-refractivity contribution < 1.29 is 37.7 Å². The molecule has 296 valence electrons. The molecule has 2 aromatic heterocycles. The van der Waals surface area contributed by atoms with Gasteiger partial charge < -0.3 is 43.3 Å². The lowest BCUT2D eigenvalue weighted by molar-refractivity contribution is -0.383. The summed E-state index contributed by atoms with van der Waals surface area (Å²) in [4.78, 5) is 56.9. The second-order valence-corrected chi connectivity index (χ2v) is 13.0. The van der Waals surface area contributed by atoms with E-state index in [4.69, 9.17) is 30.5 Å². The van der Waals surface area contributed by atoms with E-state index in [0.29, 0.717) is 55.5 Å². The zero-order chi connectivity index (χ0) is 40.1. The maximum atomic E-state index is 12.2. The summed E-state index contributed by atoms with van der Waals surface area (Å²) in [6, 6.07) is 28.7. The summed E-state index contributed by atoms with van der Waals surface area (Å²) in [5, 5.41) is 24.9. The molecule has 0 unspecified atom stereocenters. The number of piperazine rings is 2. The maximum Gasteiger partial charge on any atom is 0.410 e. The summed E-state index contributed by atoms with van der Waals surface area (Å²) in [6.45, 7) is 5.64. The maximum absolute atomic E-state index is 12.2. The highest BCUT2D eigenvalue weighted by Crippen LogP contribution is 2.29. The van der Waals surface area contributed by atoms with Gasteiger partial charge in [-0.25, -0.2) is 9.59 Å². The van der Waals surface area contributed by atoms with Crippen molar-refractivity contribution in [1.82, 2.24) is 25.1 Å². The number of carbonyl (C=O) groups excluding carboxylic acids is 2. The minimum Gasteiger partial charge on any atom is -0.445 e. The Labute approximate surface area is 329 Å². The first-order chi connectivity index (χ1) is 27.7. The number of nitrogens with one attached hydrogen (secondary N) is 2. The average Bonchev–Trinajstić information content (AvgIpc) is 3.86. The fourth-order valence-electron chi connectivity index (χ4n) is 5.86. The second kappa shape index (κ2) is 19.1. The van der Waals surface area contributed by atoms with E-state index in [9.17, 15) is 29.8 Å². The minimum absolute atomic E-state index is 0.0302. The van der Waals surface area contributed by atoms with Crippen LogP contribution in [-0.2, 0) is 22.7 Å². The average molecular weight is 799 g/mol. The smallest absolute Gasteiger partial charge is 0.410 e. The lowest BCUT2D eigenvalue weighted by Crippen LogP contribution is -2.49. The highest BCUT2D eigenvalue weighted by Gasteiger charge is 2.27. The van der Waals surface area contributed by atoms with Crippen molar-refractivity contribution >= 4 is 64.0 Å². The molecule has 2 N–H and O–H groups in total. The van der Waals surface area contributed by atoms with Gasteiger partial charge in [-0.3, -0.25) is 20.2 Å². The van der Waals surface area contributed by atoms with Crippen LogP contribution in [0.3, 0.4) is 0 Å². The van der Waals surface area contributed by atoms with Crippen LogP contribution in [0.4, 0.5) is 27.0 Å². The normalized spacial score (nSPS) is 13.9. The topological polar surface area (TPSA) is 216 Å². The highest BCUT2D eigenvalue weighted by atomic mass is 32.1. The monoisotopic (exact) mass is 798 g/mol. The number of oxazole rings is 2. The lowest BCUT2D eigenvalue weighted by Gasteiger charge is -2.33. The number of amides is 2. The molecule has 0 spiro atoms. The van der Waals surface area contributed by atoms with Crippen molar-refractivity contribution in [3.05, 3.63) is 133 Å². The number of nitrogens with zero attached hydrogens (tertiary/aromatic N) is 6. The Morgan fingerprint density at radius 2 is 1.21 bits per heavy atom. The molecule has 19 heteroatoms. The van der Waals surface area contributed by atoms with Gasteiger partial charge in [0, 0.05) is 64.5 Å². The van der Waals surface area contributed by atoms with E-state index in [-0.39, 0.29) is 40.5 Å². The zero-order valence-corrected chi connectivity index (χ0v) is 31.3. The number of H-pyrrole nitrogens is 1. The molecule has 2 amide bonds. The molecule has 4 aromatic carbocycles. The van der Waals surface area contributed by atoms with Crippen LogP contribution in [0.5, 0.6) is 0 Å². The van der Waals surface area contributed by atoms with E-state index in [1.165, 1.54) is 12.1 Å². The Morgan fingerprint density at radius 3 is 1.77 bits per heavy atom. The van der Waals surface area contributed by atoms with E-state index in [1.54, 1.807) is 34.1 Å². The first-order valence-electron chi connectivity index (χ1n) is 17.8. The molecular formula is C38H38N8O10S. The number of hydrogen-bond acceptors (Lipinski definition) is 14. The van der Waals surface area contributed by atoms with E-state index in [1.807, 2.05) is 65.6 Å². The third kappa shape index (κ3) is 10.7. The van der Waals surface area contributed by atoms with E-state index >= 15 is 0 Å². The molecular weight excluding hydrogens is 761 g/mol. The molecule has 2 aliphatic heterocycles. The predicted molar refractivity (Wildman–Crippen MR) is 210 cm³/mol. The molecule has 2 fully saturated rings. The van der Waals surface area contributed by atoms with Gasteiger partial charge in [-0.05, 0) is 35.5 Å². The summed E-state index contributed by atoms with van der Waals surface area (Å²) < 4.78 is 21.3. The van der Waals surface area contributed by atoms with Gasteiger partial charge in [0.05, 0.1) is 9.85 Å². The van der Waals surface area contributed by atoms with Crippen LogP contribution in [0.1, 0.15) is 11.1 Å². The van der Waals surface area contributed by atoms with Gasteiger partial charge >= 0.3 is 12.2 Å². The zero-order valence-electron chi connectivity index (χ0n) is 30.5. The quantitative estimate of drug-likeness (QED) is 0.0963. The molecule has 8 rings (SSSR count). The number of non-ortho nitro benzene ring substituents is 2. The number of hydrogen-bond donors (Lipinski definition) is 2. The van der Waals surface area contributed by atoms with Gasteiger partial charge in [0.15, 0.2) is 22.2 Å². The third-order valence-corrected chi connectivity index (χ3v) is 8.99. The van der Waals surface area contributed by atoms with E-state index in [0.717, 1.165) is 37.3 Å². The number of aromatic nitrogens is 2. The van der Waals surface area contributed by atoms with Crippen LogP contribution in [0.25, 0.3) is 22.2 Å². The Bertz CT molecular complexity index is 2360. The van der Waals surface area contributed by atoms with Crippen molar-refractivity contribution in [1.29, 1.82) is 0 Å². The standard InChI is InChI=1S/C19H18N4O5.C12H16N2O2.C7H4N2O3S/c24-19(27-13-14-5-2-1-3-6-14)22-11-9-21(10-12-22)18-20-17-15(23(25)26)7-4-8-16(17)28-18;15-12(14-8-6-13-7-9-14)16-10-11-4-2-1-3-5-11;10-9(11)4-2-1-3-5-6(4)8-7(13)12-5/h1-8H,9-13H2;1-5,13H,6-10H2;1-3H,(H,8,13). The van der Waals surface area contributed by atoms with Crippen LogP contribution in [0, 0.1) is 25.1 Å². The first kappa shape index (κ1) is 39.8. The van der Waals surface area contributed by atoms with Crippen LogP contribution in [-0.4, -0.2) is 94.2 Å². The van der Waals surface area contributed by atoms with Gasteiger partial charge in [-0.15, -0.1) is 0 Å². The number of carbonyl (C=O) groups is 2. The molecule has 18 nitrogen and oxygen atoms in total. The number of fused-ring (bicyclic) bond motifs is 2. The number of rotatable bonds is 7. The van der Waals surface area contributed by atoms with E-state index < -0.39 is 9.85 Å². The van der Waals surface area contributed by atoms with Gasteiger partial charge in [-0.2, -0.15) is 4.98 Å². The molecule has 0 radical (unpaired) electrons. The van der Waals surface area contributed by atoms with Crippen LogP contribution < -0.4 is 10.2 Å². The molecule has 0 saturated carbocycles. The summed E-state index contributed by atoms with van der Waals surface area (Å²) in [6.07, 6.45) is -0.581. The summed E-state index contributed by atoms with van der Waals surface area (Å²) in [5.41, 5.74) is 3.17. The number of para-hydroxylation sites is 2. The van der Waals surface area contributed by atoms with Crippen molar-refractivity contribution in [2.24, 2.45) is 0 Å². The van der Waals surface area contributed by atoms with Gasteiger partial charge in [0.2, 0.25) is 0 Å². The second-order valence-electron chi connectivity index (χ2n) is 12.6. The molecule has 4 heterocycles. The third-order valence-electron chi connectivity index (χ3n) is 8.81. The number of aromatic amines is 1. The lowest BCUT2D eigenvalue weighted by atomic mass is 10.2. The van der Waals surface area contributed by atoms with E-state index in [2.05, 4.69) is 15.3 Å². The number of benzene rings is 4. The summed E-state index contributed by atoms with van der Waals surface area (Å²) in [7, 11) is 0. The number of anilines is 1. The van der Waals surface area contributed by atoms with Crippen molar-refractivity contribution in [2.45, 2.75) is 13.2 Å². The van der Waals surface area contributed by atoms with Gasteiger partial charge in [0.25, 0.3) is 22.2 Å². The number of ether oxygens (including phenoxy) is 2. The predicted octanol–water partition coefficient (Wildman–Crippen LogP) is 6.82. The first-order valence-corrected chi connectivity index (χ1v) is 18.2. The van der Waals surface area contributed by atoms with Crippen molar-refractivity contribution in [3.63, 3.8) is 0 Å².